The standard InChI is InChI=1S/C16H23FN6.HI/c1-4-15-22-21-11-23(15)8-7-19-16(18-3)20-10-13-5-6-14(17)12(2)9-13;/h5-6,9,11H,4,7-8,10H2,1-3H3,(H2,18,19,20);1H. The van der Waals surface area contributed by atoms with Crippen LogP contribution in [-0.4, -0.2) is 34.3 Å². The molecule has 0 aliphatic heterocycles. The molecule has 2 N–H and O–H groups in total. The van der Waals surface area contributed by atoms with Gasteiger partial charge in [0.15, 0.2) is 5.96 Å². The topological polar surface area (TPSA) is 67.1 Å². The second-order valence-electron chi connectivity index (χ2n) is 5.23. The summed E-state index contributed by atoms with van der Waals surface area (Å²) in [5, 5.41) is 14.4. The van der Waals surface area contributed by atoms with Crippen LogP contribution in [0.15, 0.2) is 29.5 Å². The number of rotatable bonds is 6. The Hall–Kier alpha value is -1.71. The molecule has 132 valence electrons. The Morgan fingerprint density at radius 1 is 1.33 bits per heavy atom. The fraction of sp³-hybridized carbons (Fsp3) is 0.438. The molecule has 1 aromatic heterocycles. The first-order valence-corrected chi connectivity index (χ1v) is 7.70. The lowest BCUT2D eigenvalue weighted by molar-refractivity contribution is 0.616. The van der Waals surface area contributed by atoms with Gasteiger partial charge >= 0.3 is 0 Å². The summed E-state index contributed by atoms with van der Waals surface area (Å²) in [4.78, 5) is 4.18. The fourth-order valence-electron chi connectivity index (χ4n) is 2.26. The van der Waals surface area contributed by atoms with Crippen LogP contribution in [0.5, 0.6) is 0 Å². The lowest BCUT2D eigenvalue weighted by atomic mass is 10.1. The van der Waals surface area contributed by atoms with Crippen LogP contribution >= 0.6 is 24.0 Å². The van der Waals surface area contributed by atoms with Gasteiger partial charge in [-0.3, -0.25) is 4.99 Å². The number of hydrogen-bond acceptors (Lipinski definition) is 3. The second kappa shape index (κ2) is 10.2. The zero-order chi connectivity index (χ0) is 16.7. The summed E-state index contributed by atoms with van der Waals surface area (Å²) in [5.41, 5.74) is 1.66. The third kappa shape index (κ3) is 5.73. The highest BCUT2D eigenvalue weighted by Crippen LogP contribution is 2.08. The molecule has 2 aromatic rings. The Morgan fingerprint density at radius 3 is 2.79 bits per heavy atom. The van der Waals surface area contributed by atoms with Gasteiger partial charge in [0.25, 0.3) is 0 Å². The molecule has 1 heterocycles. The minimum absolute atomic E-state index is 0. The van der Waals surface area contributed by atoms with E-state index in [1.165, 1.54) is 6.07 Å². The van der Waals surface area contributed by atoms with Gasteiger partial charge in [0.05, 0.1) is 0 Å². The summed E-state index contributed by atoms with van der Waals surface area (Å²) in [6.45, 7) is 5.89. The van der Waals surface area contributed by atoms with Crippen molar-refractivity contribution in [1.82, 2.24) is 25.4 Å². The Morgan fingerprint density at radius 2 is 2.12 bits per heavy atom. The molecule has 0 amide bonds. The number of guanidine groups is 1. The van der Waals surface area contributed by atoms with Gasteiger partial charge in [-0.05, 0) is 24.1 Å². The molecule has 0 radical (unpaired) electrons. The summed E-state index contributed by atoms with van der Waals surface area (Å²) in [7, 11) is 1.72. The number of aliphatic imine (C=N–C) groups is 1. The average molecular weight is 446 g/mol. The van der Waals surface area contributed by atoms with Crippen molar-refractivity contribution in [2.24, 2.45) is 4.99 Å². The van der Waals surface area contributed by atoms with Crippen molar-refractivity contribution in [2.45, 2.75) is 33.4 Å². The molecular weight excluding hydrogens is 422 g/mol. The molecule has 0 spiro atoms. The highest BCUT2D eigenvalue weighted by atomic mass is 127. The van der Waals surface area contributed by atoms with E-state index in [0.717, 1.165) is 24.4 Å². The number of hydrogen-bond donors (Lipinski definition) is 2. The summed E-state index contributed by atoms with van der Waals surface area (Å²) >= 11 is 0. The Bertz CT molecular complexity index is 670. The van der Waals surface area contributed by atoms with Crippen LogP contribution in [0.25, 0.3) is 0 Å². The van der Waals surface area contributed by atoms with Crippen molar-refractivity contribution in [3.8, 4) is 0 Å². The van der Waals surface area contributed by atoms with Gasteiger partial charge in [-0.25, -0.2) is 4.39 Å². The van der Waals surface area contributed by atoms with Crippen LogP contribution in [0.4, 0.5) is 4.39 Å². The van der Waals surface area contributed by atoms with Crippen molar-refractivity contribution in [3.63, 3.8) is 0 Å². The van der Waals surface area contributed by atoms with Gasteiger partial charge in [-0.2, -0.15) is 0 Å². The molecular formula is C16H24FIN6. The molecule has 2 rings (SSSR count). The van der Waals surface area contributed by atoms with Crippen molar-refractivity contribution < 1.29 is 4.39 Å². The maximum atomic E-state index is 13.3. The predicted molar refractivity (Wildman–Crippen MR) is 104 cm³/mol. The number of benzene rings is 1. The van der Waals surface area contributed by atoms with E-state index in [-0.39, 0.29) is 29.8 Å². The normalized spacial score (nSPS) is 11.1. The Kier molecular flexibility index (Phi) is 8.66. The molecule has 0 fully saturated rings. The van der Waals surface area contributed by atoms with E-state index in [1.807, 2.05) is 10.6 Å². The first-order valence-electron chi connectivity index (χ1n) is 7.70. The smallest absolute Gasteiger partial charge is 0.191 e. The molecule has 0 bridgehead atoms. The fourth-order valence-corrected chi connectivity index (χ4v) is 2.26. The van der Waals surface area contributed by atoms with Gasteiger partial charge < -0.3 is 15.2 Å². The Balaban J connectivity index is 0.00000288. The van der Waals surface area contributed by atoms with Crippen molar-refractivity contribution in [1.29, 1.82) is 0 Å². The number of nitrogens with one attached hydrogen (secondary N) is 2. The monoisotopic (exact) mass is 446 g/mol. The first-order chi connectivity index (χ1) is 11.1. The zero-order valence-electron chi connectivity index (χ0n) is 14.2. The van der Waals surface area contributed by atoms with Crippen LogP contribution in [-0.2, 0) is 19.5 Å². The largest absolute Gasteiger partial charge is 0.355 e. The molecule has 0 atom stereocenters. The van der Waals surface area contributed by atoms with E-state index in [1.54, 1.807) is 26.4 Å². The third-order valence-corrected chi connectivity index (χ3v) is 3.56. The Labute approximate surface area is 159 Å². The lowest BCUT2D eigenvalue weighted by Crippen LogP contribution is -2.38. The van der Waals surface area contributed by atoms with E-state index >= 15 is 0 Å². The van der Waals surface area contributed by atoms with E-state index < -0.39 is 0 Å². The second-order valence-corrected chi connectivity index (χ2v) is 5.23. The molecule has 24 heavy (non-hydrogen) atoms. The van der Waals surface area contributed by atoms with Gasteiger partial charge in [-0.1, -0.05) is 19.1 Å². The SMILES string of the molecule is CCc1nncn1CCNC(=NC)NCc1ccc(F)c(C)c1.I. The van der Waals surface area contributed by atoms with Crippen LogP contribution in [0, 0.1) is 12.7 Å². The van der Waals surface area contributed by atoms with Crippen molar-refractivity contribution >= 4 is 29.9 Å². The first kappa shape index (κ1) is 20.3. The number of nitrogens with zero attached hydrogens (tertiary/aromatic N) is 4. The summed E-state index contributed by atoms with van der Waals surface area (Å²) in [6, 6.07) is 5.09. The molecule has 8 heteroatoms. The highest BCUT2D eigenvalue weighted by molar-refractivity contribution is 14.0. The van der Waals surface area contributed by atoms with Crippen LogP contribution in [0.3, 0.4) is 0 Å². The average Bonchev–Trinajstić information content (AvgIpc) is 3.01. The van der Waals surface area contributed by atoms with E-state index in [2.05, 4.69) is 32.7 Å². The summed E-state index contributed by atoms with van der Waals surface area (Å²) in [6.07, 6.45) is 2.59. The van der Waals surface area contributed by atoms with Crippen LogP contribution in [0.2, 0.25) is 0 Å². The summed E-state index contributed by atoms with van der Waals surface area (Å²) in [5.74, 6) is 1.49. The van der Waals surface area contributed by atoms with Gasteiger partial charge in [0, 0.05) is 33.1 Å². The molecule has 0 saturated heterocycles. The van der Waals surface area contributed by atoms with Gasteiger partial charge in [0.2, 0.25) is 0 Å². The quantitative estimate of drug-likeness (QED) is 0.406. The molecule has 0 aliphatic carbocycles. The molecule has 0 unspecified atom stereocenters. The molecule has 6 nitrogen and oxygen atoms in total. The lowest BCUT2D eigenvalue weighted by Gasteiger charge is -2.13. The zero-order valence-corrected chi connectivity index (χ0v) is 16.5. The van der Waals surface area contributed by atoms with E-state index in [4.69, 9.17) is 0 Å². The number of aryl methyl sites for hydroxylation is 2. The number of halogens is 2. The number of aromatic nitrogens is 3. The maximum Gasteiger partial charge on any atom is 0.191 e. The minimum Gasteiger partial charge on any atom is -0.355 e. The molecule has 0 aliphatic rings. The van der Waals surface area contributed by atoms with Gasteiger partial charge in [0.1, 0.15) is 18.0 Å². The molecule has 1 aromatic carbocycles. The van der Waals surface area contributed by atoms with Crippen molar-refractivity contribution in [2.75, 3.05) is 13.6 Å². The van der Waals surface area contributed by atoms with Crippen LogP contribution in [0.1, 0.15) is 23.9 Å². The van der Waals surface area contributed by atoms with E-state index in [0.29, 0.717) is 24.6 Å². The van der Waals surface area contributed by atoms with Crippen LogP contribution < -0.4 is 10.6 Å². The predicted octanol–water partition coefficient (Wildman–Crippen LogP) is 2.27. The van der Waals surface area contributed by atoms with Crippen molar-refractivity contribution in [3.05, 3.63) is 47.3 Å². The maximum absolute atomic E-state index is 13.3. The highest BCUT2D eigenvalue weighted by Gasteiger charge is 2.03. The third-order valence-electron chi connectivity index (χ3n) is 3.56. The van der Waals surface area contributed by atoms with Gasteiger partial charge in [-0.15, -0.1) is 34.2 Å². The summed E-state index contributed by atoms with van der Waals surface area (Å²) < 4.78 is 15.3. The minimum atomic E-state index is -0.183. The van der Waals surface area contributed by atoms with E-state index in [9.17, 15) is 4.39 Å². The molecule has 0 saturated carbocycles.